The van der Waals surface area contributed by atoms with Gasteiger partial charge in [0.05, 0.1) is 6.10 Å². The molecule has 5 nitrogen and oxygen atoms in total. The predicted octanol–water partition coefficient (Wildman–Crippen LogP) is 2.71. The lowest BCUT2D eigenvalue weighted by Crippen LogP contribution is -2.40. The van der Waals surface area contributed by atoms with Crippen molar-refractivity contribution in [2.24, 2.45) is 0 Å². The minimum Gasteiger partial charge on any atom is -0.381 e. The first-order valence-electron chi connectivity index (χ1n) is 7.21. The topological polar surface area (TPSA) is 59.1 Å². The highest BCUT2D eigenvalue weighted by Gasteiger charge is 2.30. The highest BCUT2D eigenvalue weighted by molar-refractivity contribution is 5.58. The Morgan fingerprint density at radius 1 is 1.15 bits per heavy atom. The maximum atomic E-state index is 5.32. The van der Waals surface area contributed by atoms with E-state index in [1.54, 1.807) is 7.11 Å². The van der Waals surface area contributed by atoms with Crippen LogP contribution in [0.4, 0.5) is 11.6 Å². The van der Waals surface area contributed by atoms with E-state index in [4.69, 9.17) is 9.72 Å². The van der Waals surface area contributed by atoms with Gasteiger partial charge in [-0.15, -0.1) is 0 Å². The molecular formula is C15H26N4O. The highest BCUT2D eigenvalue weighted by atomic mass is 16.5. The van der Waals surface area contributed by atoms with Crippen molar-refractivity contribution in [1.29, 1.82) is 0 Å². The molecule has 5 heteroatoms. The van der Waals surface area contributed by atoms with Gasteiger partial charge in [-0.05, 0) is 19.8 Å². The van der Waals surface area contributed by atoms with Gasteiger partial charge in [0, 0.05) is 31.2 Å². The fraction of sp³-hybridized carbons (Fsp3) is 0.733. The standard InChI is InChI=1S/C15H26N4O/c1-9-12(16-5)18-14(15(2,3)4)19-13(9)17-10-7-11(8-10)20-6/h10-11H,7-8H2,1-6H3,(H2,16,17,18,19). The van der Waals surface area contributed by atoms with Crippen molar-refractivity contribution < 1.29 is 4.74 Å². The predicted molar refractivity (Wildman–Crippen MR) is 82.5 cm³/mol. The van der Waals surface area contributed by atoms with Crippen LogP contribution in [-0.4, -0.2) is 36.3 Å². The Bertz CT molecular complexity index is 475. The van der Waals surface area contributed by atoms with E-state index in [1.165, 1.54) is 0 Å². The number of hydrogen-bond acceptors (Lipinski definition) is 5. The second-order valence-electron chi connectivity index (χ2n) is 6.54. The summed E-state index contributed by atoms with van der Waals surface area (Å²) in [5.74, 6) is 2.70. The smallest absolute Gasteiger partial charge is 0.138 e. The van der Waals surface area contributed by atoms with Crippen LogP contribution < -0.4 is 10.6 Å². The molecule has 0 bridgehead atoms. The number of aromatic nitrogens is 2. The van der Waals surface area contributed by atoms with Crippen LogP contribution in [-0.2, 0) is 10.2 Å². The molecule has 1 aromatic heterocycles. The van der Waals surface area contributed by atoms with E-state index < -0.39 is 0 Å². The third-order valence-electron chi connectivity index (χ3n) is 3.82. The summed E-state index contributed by atoms with van der Waals surface area (Å²) in [6, 6.07) is 0.450. The van der Waals surface area contributed by atoms with Gasteiger partial charge in [0.2, 0.25) is 0 Å². The third-order valence-corrected chi connectivity index (χ3v) is 3.82. The molecule has 1 aliphatic carbocycles. The summed E-state index contributed by atoms with van der Waals surface area (Å²) in [6.45, 7) is 8.44. The van der Waals surface area contributed by atoms with Crippen LogP contribution in [0.1, 0.15) is 45.0 Å². The molecule has 20 heavy (non-hydrogen) atoms. The Kier molecular flexibility index (Phi) is 4.18. The van der Waals surface area contributed by atoms with E-state index >= 15 is 0 Å². The van der Waals surface area contributed by atoms with E-state index in [0.717, 1.165) is 35.9 Å². The first-order chi connectivity index (χ1) is 9.35. The van der Waals surface area contributed by atoms with E-state index in [9.17, 15) is 0 Å². The summed E-state index contributed by atoms with van der Waals surface area (Å²) in [5.41, 5.74) is 1.01. The molecule has 0 atom stereocenters. The number of anilines is 2. The van der Waals surface area contributed by atoms with Crippen molar-refractivity contribution in [3.8, 4) is 0 Å². The van der Waals surface area contributed by atoms with Gasteiger partial charge in [0.25, 0.3) is 0 Å². The van der Waals surface area contributed by atoms with Gasteiger partial charge in [0.15, 0.2) is 0 Å². The van der Waals surface area contributed by atoms with Crippen molar-refractivity contribution in [3.63, 3.8) is 0 Å². The molecule has 0 saturated heterocycles. The summed E-state index contributed by atoms with van der Waals surface area (Å²) in [7, 11) is 3.67. The van der Waals surface area contributed by atoms with E-state index in [0.29, 0.717) is 12.1 Å². The van der Waals surface area contributed by atoms with Crippen LogP contribution in [0, 0.1) is 6.92 Å². The molecule has 0 spiro atoms. The Morgan fingerprint density at radius 2 is 1.75 bits per heavy atom. The molecule has 1 saturated carbocycles. The largest absolute Gasteiger partial charge is 0.381 e. The summed E-state index contributed by atoms with van der Waals surface area (Å²) >= 11 is 0. The van der Waals surface area contributed by atoms with Crippen LogP contribution in [0.2, 0.25) is 0 Å². The molecule has 0 aromatic carbocycles. The van der Waals surface area contributed by atoms with E-state index in [2.05, 4.69) is 36.4 Å². The lowest BCUT2D eigenvalue weighted by Gasteiger charge is -2.35. The van der Waals surface area contributed by atoms with Crippen LogP contribution >= 0.6 is 0 Å². The highest BCUT2D eigenvalue weighted by Crippen LogP contribution is 2.30. The Hall–Kier alpha value is -1.36. The molecule has 1 fully saturated rings. The monoisotopic (exact) mass is 278 g/mol. The van der Waals surface area contributed by atoms with Gasteiger partial charge in [-0.25, -0.2) is 9.97 Å². The molecule has 0 amide bonds. The minimum atomic E-state index is -0.0651. The zero-order chi connectivity index (χ0) is 14.9. The van der Waals surface area contributed by atoms with Crippen LogP contribution in [0.25, 0.3) is 0 Å². The quantitative estimate of drug-likeness (QED) is 0.887. The molecule has 0 unspecified atom stereocenters. The first-order valence-corrected chi connectivity index (χ1v) is 7.21. The molecule has 1 heterocycles. The van der Waals surface area contributed by atoms with Crippen LogP contribution in [0.5, 0.6) is 0 Å². The molecule has 112 valence electrons. The number of methoxy groups -OCH3 is 1. The number of rotatable bonds is 4. The number of ether oxygens (including phenoxy) is 1. The maximum absolute atomic E-state index is 5.32. The van der Waals surface area contributed by atoms with Gasteiger partial charge in [-0.3, -0.25) is 0 Å². The molecule has 1 aliphatic rings. The van der Waals surface area contributed by atoms with Gasteiger partial charge in [-0.2, -0.15) is 0 Å². The zero-order valence-corrected chi connectivity index (χ0v) is 13.4. The van der Waals surface area contributed by atoms with Gasteiger partial charge < -0.3 is 15.4 Å². The van der Waals surface area contributed by atoms with Crippen molar-refractivity contribution >= 4 is 11.6 Å². The minimum absolute atomic E-state index is 0.0651. The molecule has 1 aromatic rings. The van der Waals surface area contributed by atoms with E-state index in [-0.39, 0.29) is 5.41 Å². The number of hydrogen-bond donors (Lipinski definition) is 2. The lowest BCUT2D eigenvalue weighted by molar-refractivity contribution is 0.0327. The normalized spacial score (nSPS) is 22.3. The Morgan fingerprint density at radius 3 is 2.25 bits per heavy atom. The average Bonchev–Trinajstić information content (AvgIpc) is 2.33. The molecule has 2 N–H and O–H groups in total. The second kappa shape index (κ2) is 5.56. The third kappa shape index (κ3) is 3.03. The molecule has 2 rings (SSSR count). The average molecular weight is 278 g/mol. The molecule has 0 radical (unpaired) electrons. The van der Waals surface area contributed by atoms with E-state index in [1.807, 2.05) is 14.0 Å². The Balaban J connectivity index is 2.23. The van der Waals surface area contributed by atoms with Crippen LogP contribution in [0.3, 0.4) is 0 Å². The lowest BCUT2D eigenvalue weighted by atomic mass is 9.89. The van der Waals surface area contributed by atoms with Gasteiger partial charge >= 0.3 is 0 Å². The zero-order valence-electron chi connectivity index (χ0n) is 13.4. The van der Waals surface area contributed by atoms with Gasteiger partial charge in [0.1, 0.15) is 17.5 Å². The molecular weight excluding hydrogens is 252 g/mol. The number of nitrogens with one attached hydrogen (secondary N) is 2. The Labute approximate surface area is 121 Å². The SMILES string of the molecule is CNc1nc(C(C)(C)C)nc(NC2CC(OC)C2)c1C. The fourth-order valence-corrected chi connectivity index (χ4v) is 2.31. The van der Waals surface area contributed by atoms with Crippen molar-refractivity contribution in [3.05, 3.63) is 11.4 Å². The fourth-order valence-electron chi connectivity index (χ4n) is 2.31. The maximum Gasteiger partial charge on any atom is 0.138 e. The summed E-state index contributed by atoms with van der Waals surface area (Å²) < 4.78 is 5.32. The van der Waals surface area contributed by atoms with Crippen molar-refractivity contribution in [2.45, 2.75) is 58.1 Å². The summed E-state index contributed by atoms with van der Waals surface area (Å²) in [4.78, 5) is 9.34. The van der Waals surface area contributed by atoms with Gasteiger partial charge in [-0.1, -0.05) is 20.8 Å². The van der Waals surface area contributed by atoms with Crippen molar-refractivity contribution in [2.75, 3.05) is 24.8 Å². The second-order valence-corrected chi connectivity index (χ2v) is 6.54. The summed E-state index contributed by atoms with van der Waals surface area (Å²) in [5, 5.41) is 6.69. The van der Waals surface area contributed by atoms with Crippen LogP contribution in [0.15, 0.2) is 0 Å². The van der Waals surface area contributed by atoms with Crippen molar-refractivity contribution in [1.82, 2.24) is 9.97 Å². The number of nitrogens with zero attached hydrogens (tertiary/aromatic N) is 2. The molecule has 0 aliphatic heterocycles. The first kappa shape index (κ1) is 15.0. The summed E-state index contributed by atoms with van der Waals surface area (Å²) in [6.07, 6.45) is 2.47.